The van der Waals surface area contributed by atoms with Gasteiger partial charge >= 0.3 is 0 Å². The molecule has 1 aliphatic heterocycles. The van der Waals surface area contributed by atoms with E-state index >= 15 is 0 Å². The Labute approximate surface area is 159 Å². The summed E-state index contributed by atoms with van der Waals surface area (Å²) in [4.78, 5) is 26.3. The largest absolute Gasteiger partial charge is 0.495 e. The summed E-state index contributed by atoms with van der Waals surface area (Å²) in [6, 6.07) is 13.0. The van der Waals surface area contributed by atoms with Crippen LogP contribution in [-0.4, -0.2) is 31.0 Å². The molecule has 0 fully saturated rings. The van der Waals surface area contributed by atoms with Gasteiger partial charge in [0.25, 0.3) is 0 Å². The molecule has 0 saturated heterocycles. The van der Waals surface area contributed by atoms with Crippen LogP contribution in [0.25, 0.3) is 0 Å². The van der Waals surface area contributed by atoms with Crippen LogP contribution in [0.15, 0.2) is 42.5 Å². The van der Waals surface area contributed by atoms with Crippen LogP contribution in [0.2, 0.25) is 0 Å². The van der Waals surface area contributed by atoms with Crippen molar-refractivity contribution in [2.24, 2.45) is 0 Å². The molecule has 0 aromatic heterocycles. The number of fused-ring (bicyclic) bond motifs is 1. The SMILES string of the molecule is COc1ccc(NC(C)=O)cc1NC(C)C(=O)N1c2ccccc2CC1C. The molecular formula is C21H25N3O3. The number of para-hydroxylation sites is 1. The molecule has 6 heteroatoms. The minimum Gasteiger partial charge on any atom is -0.495 e. The summed E-state index contributed by atoms with van der Waals surface area (Å²) in [5.74, 6) is 0.454. The fourth-order valence-electron chi connectivity index (χ4n) is 3.51. The Balaban J connectivity index is 1.82. The first-order valence-electron chi connectivity index (χ1n) is 9.04. The van der Waals surface area contributed by atoms with Gasteiger partial charge in [-0.05, 0) is 50.1 Å². The Morgan fingerprint density at radius 1 is 1.22 bits per heavy atom. The zero-order chi connectivity index (χ0) is 19.6. The van der Waals surface area contributed by atoms with Crippen molar-refractivity contribution in [1.82, 2.24) is 0 Å². The molecule has 3 rings (SSSR count). The number of ether oxygens (including phenoxy) is 1. The van der Waals surface area contributed by atoms with E-state index in [4.69, 9.17) is 4.74 Å². The van der Waals surface area contributed by atoms with Crippen molar-refractivity contribution in [3.8, 4) is 5.75 Å². The number of anilines is 3. The Morgan fingerprint density at radius 2 is 1.96 bits per heavy atom. The molecule has 6 nitrogen and oxygen atoms in total. The first kappa shape index (κ1) is 18.8. The highest BCUT2D eigenvalue weighted by atomic mass is 16.5. The van der Waals surface area contributed by atoms with Gasteiger partial charge in [-0.25, -0.2) is 0 Å². The highest BCUT2D eigenvalue weighted by Gasteiger charge is 2.33. The van der Waals surface area contributed by atoms with Crippen molar-refractivity contribution < 1.29 is 14.3 Å². The maximum Gasteiger partial charge on any atom is 0.249 e. The quantitative estimate of drug-likeness (QED) is 0.849. The second-order valence-corrected chi connectivity index (χ2v) is 6.85. The summed E-state index contributed by atoms with van der Waals surface area (Å²) in [5.41, 5.74) is 3.47. The Kier molecular flexibility index (Phi) is 5.35. The van der Waals surface area contributed by atoms with E-state index in [-0.39, 0.29) is 17.9 Å². The first-order valence-corrected chi connectivity index (χ1v) is 9.04. The molecule has 1 heterocycles. The molecule has 27 heavy (non-hydrogen) atoms. The van der Waals surface area contributed by atoms with Crippen LogP contribution in [0.1, 0.15) is 26.3 Å². The molecule has 0 bridgehead atoms. The molecule has 2 atom stereocenters. The van der Waals surface area contributed by atoms with E-state index in [0.29, 0.717) is 17.1 Å². The van der Waals surface area contributed by atoms with Crippen LogP contribution >= 0.6 is 0 Å². The number of nitrogens with one attached hydrogen (secondary N) is 2. The number of benzene rings is 2. The van der Waals surface area contributed by atoms with Gasteiger partial charge in [0.05, 0.1) is 12.8 Å². The van der Waals surface area contributed by atoms with E-state index in [0.717, 1.165) is 12.1 Å². The molecule has 2 amide bonds. The number of carbonyl (C=O) groups is 2. The number of nitrogens with zero attached hydrogens (tertiary/aromatic N) is 1. The lowest BCUT2D eigenvalue weighted by molar-refractivity contribution is -0.119. The third-order valence-corrected chi connectivity index (χ3v) is 4.71. The normalized spacial score (nSPS) is 16.4. The van der Waals surface area contributed by atoms with E-state index in [2.05, 4.69) is 23.6 Å². The van der Waals surface area contributed by atoms with Crippen LogP contribution in [0.5, 0.6) is 5.75 Å². The first-order chi connectivity index (χ1) is 12.9. The van der Waals surface area contributed by atoms with Crippen molar-refractivity contribution in [3.05, 3.63) is 48.0 Å². The second kappa shape index (κ2) is 7.70. The molecule has 0 saturated carbocycles. The van der Waals surface area contributed by atoms with Crippen molar-refractivity contribution in [3.63, 3.8) is 0 Å². The van der Waals surface area contributed by atoms with Crippen LogP contribution in [0.4, 0.5) is 17.1 Å². The highest BCUT2D eigenvalue weighted by Crippen LogP contribution is 2.33. The summed E-state index contributed by atoms with van der Waals surface area (Å²) >= 11 is 0. The molecule has 0 spiro atoms. The van der Waals surface area contributed by atoms with E-state index in [1.165, 1.54) is 12.5 Å². The van der Waals surface area contributed by atoms with Gasteiger partial charge in [0.2, 0.25) is 11.8 Å². The summed E-state index contributed by atoms with van der Waals surface area (Å²) in [6.45, 7) is 5.35. The van der Waals surface area contributed by atoms with Crippen molar-refractivity contribution in [1.29, 1.82) is 0 Å². The average molecular weight is 367 g/mol. The molecule has 1 aliphatic rings. The summed E-state index contributed by atoms with van der Waals surface area (Å²) in [7, 11) is 1.57. The summed E-state index contributed by atoms with van der Waals surface area (Å²) in [6.07, 6.45) is 0.857. The minimum absolute atomic E-state index is 0.000525. The number of methoxy groups -OCH3 is 1. The zero-order valence-electron chi connectivity index (χ0n) is 16.1. The number of rotatable bonds is 5. The maximum absolute atomic E-state index is 13.1. The van der Waals surface area contributed by atoms with E-state index in [9.17, 15) is 9.59 Å². The number of carbonyl (C=O) groups excluding carboxylic acids is 2. The standard InChI is InChI=1S/C21H25N3O3/c1-13-11-16-7-5-6-8-19(16)24(13)21(26)14(2)22-18-12-17(23-15(3)25)9-10-20(18)27-4/h5-10,12-14,22H,11H2,1-4H3,(H,23,25). The van der Waals surface area contributed by atoms with Crippen molar-refractivity contribution in [2.75, 3.05) is 22.6 Å². The van der Waals surface area contributed by atoms with Gasteiger partial charge in [-0.3, -0.25) is 9.59 Å². The molecule has 2 aromatic carbocycles. The van der Waals surface area contributed by atoms with Gasteiger partial charge in [0.15, 0.2) is 0 Å². The number of hydrogen-bond donors (Lipinski definition) is 2. The molecule has 2 aromatic rings. The topological polar surface area (TPSA) is 70.7 Å². The van der Waals surface area contributed by atoms with Gasteiger partial charge in [-0.1, -0.05) is 18.2 Å². The van der Waals surface area contributed by atoms with Crippen LogP contribution in [0, 0.1) is 0 Å². The van der Waals surface area contributed by atoms with Gasteiger partial charge in [0.1, 0.15) is 11.8 Å². The third-order valence-electron chi connectivity index (χ3n) is 4.71. The van der Waals surface area contributed by atoms with Crippen LogP contribution < -0.4 is 20.3 Å². The molecule has 2 unspecified atom stereocenters. The molecule has 0 aliphatic carbocycles. The lowest BCUT2D eigenvalue weighted by atomic mass is 10.1. The van der Waals surface area contributed by atoms with E-state index < -0.39 is 6.04 Å². The average Bonchev–Trinajstić information content (AvgIpc) is 2.96. The maximum atomic E-state index is 13.1. The minimum atomic E-state index is -0.458. The van der Waals surface area contributed by atoms with Gasteiger partial charge in [0, 0.05) is 24.3 Å². The monoisotopic (exact) mass is 367 g/mol. The predicted molar refractivity (Wildman–Crippen MR) is 107 cm³/mol. The zero-order valence-corrected chi connectivity index (χ0v) is 16.1. The van der Waals surface area contributed by atoms with Gasteiger partial charge in [-0.2, -0.15) is 0 Å². The van der Waals surface area contributed by atoms with Crippen molar-refractivity contribution >= 4 is 28.9 Å². The van der Waals surface area contributed by atoms with E-state index in [1.807, 2.05) is 30.0 Å². The highest BCUT2D eigenvalue weighted by molar-refractivity contribution is 6.01. The molecular weight excluding hydrogens is 342 g/mol. The lowest BCUT2D eigenvalue weighted by Gasteiger charge is -2.27. The summed E-state index contributed by atoms with van der Waals surface area (Å²) in [5, 5.41) is 5.98. The third kappa shape index (κ3) is 3.89. The molecule has 2 N–H and O–H groups in total. The Morgan fingerprint density at radius 3 is 2.67 bits per heavy atom. The fraction of sp³-hybridized carbons (Fsp3) is 0.333. The fourth-order valence-corrected chi connectivity index (χ4v) is 3.51. The molecule has 142 valence electrons. The smallest absolute Gasteiger partial charge is 0.249 e. The van der Waals surface area contributed by atoms with Crippen LogP contribution in [0.3, 0.4) is 0 Å². The molecule has 0 radical (unpaired) electrons. The summed E-state index contributed by atoms with van der Waals surface area (Å²) < 4.78 is 5.39. The number of hydrogen-bond acceptors (Lipinski definition) is 4. The van der Waals surface area contributed by atoms with Crippen LogP contribution in [-0.2, 0) is 16.0 Å². The van der Waals surface area contributed by atoms with Crippen molar-refractivity contribution in [2.45, 2.75) is 39.3 Å². The lowest BCUT2D eigenvalue weighted by Crippen LogP contribution is -2.44. The predicted octanol–water partition coefficient (Wildman–Crippen LogP) is 3.43. The second-order valence-electron chi connectivity index (χ2n) is 6.85. The Bertz CT molecular complexity index is 866. The van der Waals surface area contributed by atoms with Gasteiger partial charge < -0.3 is 20.3 Å². The Hall–Kier alpha value is -3.02. The van der Waals surface area contributed by atoms with E-state index in [1.54, 1.807) is 25.3 Å². The number of amides is 2. The van der Waals surface area contributed by atoms with Gasteiger partial charge in [-0.15, -0.1) is 0 Å².